The highest BCUT2D eigenvalue weighted by Gasteiger charge is 2.30. The van der Waals surface area contributed by atoms with Crippen molar-refractivity contribution in [3.8, 4) is 0 Å². The number of nitrogens with zero attached hydrogens (tertiary/aromatic N) is 2. The minimum absolute atomic E-state index is 0.550. The third kappa shape index (κ3) is 4.35. The van der Waals surface area contributed by atoms with Gasteiger partial charge in [0.05, 0.1) is 10.6 Å². The van der Waals surface area contributed by atoms with Crippen molar-refractivity contribution in [2.45, 2.75) is 23.9 Å². The van der Waals surface area contributed by atoms with Crippen LogP contribution >= 0.6 is 11.8 Å². The van der Waals surface area contributed by atoms with Gasteiger partial charge in [-0.3, -0.25) is 0 Å². The Balaban J connectivity index is 2.03. The quantitative estimate of drug-likeness (QED) is 0.839. The molecule has 3 nitrogen and oxygen atoms in total. The van der Waals surface area contributed by atoms with Gasteiger partial charge in [-0.15, -0.1) is 11.8 Å². The number of anilines is 1. The second kappa shape index (κ2) is 6.80. The molecule has 0 spiro atoms. The maximum Gasteiger partial charge on any atom is 0.417 e. The van der Waals surface area contributed by atoms with Crippen molar-refractivity contribution in [1.29, 1.82) is 0 Å². The van der Waals surface area contributed by atoms with Crippen molar-refractivity contribution in [2.75, 3.05) is 11.9 Å². The van der Waals surface area contributed by atoms with Crippen molar-refractivity contribution in [3.63, 3.8) is 0 Å². The van der Waals surface area contributed by atoms with Crippen LogP contribution in [0, 0.1) is 0 Å². The fourth-order valence-corrected chi connectivity index (χ4v) is 2.49. The van der Waals surface area contributed by atoms with Crippen LogP contribution in [-0.2, 0) is 11.9 Å². The summed E-state index contributed by atoms with van der Waals surface area (Å²) in [6.45, 7) is 2.73. The minimum Gasteiger partial charge on any atom is -0.370 e. The normalized spacial score (nSPS) is 11.4. The van der Waals surface area contributed by atoms with E-state index in [9.17, 15) is 13.2 Å². The Morgan fingerprint density at radius 3 is 2.62 bits per heavy atom. The van der Waals surface area contributed by atoms with Crippen molar-refractivity contribution in [3.05, 3.63) is 47.8 Å². The third-order valence-electron chi connectivity index (χ3n) is 2.67. The van der Waals surface area contributed by atoms with Crippen molar-refractivity contribution in [1.82, 2.24) is 9.97 Å². The number of halogens is 3. The summed E-state index contributed by atoms with van der Waals surface area (Å²) in [4.78, 5) is 8.07. The molecule has 2 aromatic rings. The standard InChI is InChI=1S/C14H14F3N3S/c1-2-18-13-10(4-3-7-19-13)9-21-12-6-5-11(8-20-12)14(15,16)17/h3-8H,2,9H2,1H3,(H,18,19). The zero-order valence-electron chi connectivity index (χ0n) is 11.3. The first-order valence-electron chi connectivity index (χ1n) is 6.34. The molecule has 0 bridgehead atoms. The van der Waals surface area contributed by atoms with E-state index in [0.717, 1.165) is 30.2 Å². The molecule has 0 unspecified atom stereocenters. The van der Waals surface area contributed by atoms with Crippen molar-refractivity contribution in [2.24, 2.45) is 0 Å². The SMILES string of the molecule is CCNc1ncccc1CSc1ccc(C(F)(F)F)cn1. The van der Waals surface area contributed by atoms with Crippen LogP contribution in [0.15, 0.2) is 41.7 Å². The molecule has 0 aliphatic carbocycles. The lowest BCUT2D eigenvalue weighted by Gasteiger charge is -2.09. The molecule has 112 valence electrons. The van der Waals surface area contributed by atoms with Gasteiger partial charge in [0.2, 0.25) is 0 Å². The minimum atomic E-state index is -4.35. The van der Waals surface area contributed by atoms with Crippen LogP contribution in [0.2, 0.25) is 0 Å². The molecular weight excluding hydrogens is 299 g/mol. The van der Waals surface area contributed by atoms with Crippen LogP contribution in [0.1, 0.15) is 18.1 Å². The van der Waals surface area contributed by atoms with Gasteiger partial charge in [0.15, 0.2) is 0 Å². The number of hydrogen-bond acceptors (Lipinski definition) is 4. The number of nitrogens with one attached hydrogen (secondary N) is 1. The molecule has 0 fully saturated rings. The van der Waals surface area contributed by atoms with E-state index < -0.39 is 11.7 Å². The van der Waals surface area contributed by atoms with Gasteiger partial charge in [-0.05, 0) is 25.1 Å². The van der Waals surface area contributed by atoms with Gasteiger partial charge in [-0.25, -0.2) is 9.97 Å². The van der Waals surface area contributed by atoms with E-state index in [1.807, 2.05) is 19.1 Å². The van der Waals surface area contributed by atoms with E-state index in [1.54, 1.807) is 6.20 Å². The predicted octanol–water partition coefficient (Wildman–Crippen LogP) is 4.22. The molecule has 0 aliphatic heterocycles. The highest BCUT2D eigenvalue weighted by Crippen LogP contribution is 2.30. The van der Waals surface area contributed by atoms with E-state index in [1.165, 1.54) is 17.8 Å². The van der Waals surface area contributed by atoms with E-state index >= 15 is 0 Å². The van der Waals surface area contributed by atoms with Crippen LogP contribution < -0.4 is 5.32 Å². The number of hydrogen-bond donors (Lipinski definition) is 1. The summed E-state index contributed by atoms with van der Waals surface area (Å²) >= 11 is 1.37. The molecule has 2 heterocycles. The topological polar surface area (TPSA) is 37.8 Å². The lowest BCUT2D eigenvalue weighted by Crippen LogP contribution is -2.05. The van der Waals surface area contributed by atoms with E-state index in [2.05, 4.69) is 15.3 Å². The molecule has 7 heteroatoms. The molecule has 2 aromatic heterocycles. The van der Waals surface area contributed by atoms with Gasteiger partial charge in [-0.1, -0.05) is 6.07 Å². The first-order chi connectivity index (χ1) is 10.0. The predicted molar refractivity (Wildman–Crippen MR) is 77.2 cm³/mol. The average Bonchev–Trinajstić information content (AvgIpc) is 2.46. The van der Waals surface area contributed by atoms with Gasteiger partial charge in [0, 0.05) is 30.3 Å². The van der Waals surface area contributed by atoms with Crippen molar-refractivity contribution >= 4 is 17.6 Å². The van der Waals surface area contributed by atoms with E-state index in [4.69, 9.17) is 0 Å². The van der Waals surface area contributed by atoms with E-state index in [0.29, 0.717) is 10.8 Å². The molecule has 2 rings (SSSR count). The number of thioether (sulfide) groups is 1. The monoisotopic (exact) mass is 313 g/mol. The number of aromatic nitrogens is 2. The molecule has 0 aliphatic rings. The van der Waals surface area contributed by atoms with Crippen LogP contribution in [0.4, 0.5) is 19.0 Å². The summed E-state index contributed by atoms with van der Waals surface area (Å²) in [5.74, 6) is 1.38. The van der Waals surface area contributed by atoms with Gasteiger partial charge in [0.1, 0.15) is 5.82 Å². The Morgan fingerprint density at radius 2 is 2.00 bits per heavy atom. The molecule has 0 atom stereocenters. The summed E-state index contributed by atoms with van der Waals surface area (Å²) < 4.78 is 37.3. The Kier molecular flexibility index (Phi) is 5.06. The van der Waals surface area contributed by atoms with Crippen LogP contribution in [-0.4, -0.2) is 16.5 Å². The number of pyridine rings is 2. The maximum absolute atomic E-state index is 12.4. The number of rotatable bonds is 5. The molecule has 0 saturated carbocycles. The highest BCUT2D eigenvalue weighted by molar-refractivity contribution is 7.98. The first-order valence-corrected chi connectivity index (χ1v) is 7.33. The Bertz CT molecular complexity index is 585. The molecule has 0 saturated heterocycles. The Hall–Kier alpha value is -1.76. The summed E-state index contributed by atoms with van der Waals surface area (Å²) in [5.41, 5.74) is 0.257. The van der Waals surface area contributed by atoms with Gasteiger partial charge >= 0.3 is 6.18 Å². The number of alkyl halides is 3. The van der Waals surface area contributed by atoms with Gasteiger partial charge < -0.3 is 5.32 Å². The Morgan fingerprint density at radius 1 is 1.19 bits per heavy atom. The Labute approximate surface area is 125 Å². The highest BCUT2D eigenvalue weighted by atomic mass is 32.2. The fourth-order valence-electron chi connectivity index (χ4n) is 1.67. The lowest BCUT2D eigenvalue weighted by atomic mass is 10.3. The molecule has 1 N–H and O–H groups in total. The molecule has 0 amide bonds. The van der Waals surface area contributed by atoms with Crippen LogP contribution in [0.25, 0.3) is 0 Å². The summed E-state index contributed by atoms with van der Waals surface area (Å²) in [5, 5.41) is 3.70. The second-order valence-corrected chi connectivity index (χ2v) is 5.21. The second-order valence-electron chi connectivity index (χ2n) is 4.21. The van der Waals surface area contributed by atoms with Gasteiger partial charge in [-0.2, -0.15) is 13.2 Å². The zero-order valence-corrected chi connectivity index (χ0v) is 12.1. The average molecular weight is 313 g/mol. The molecule has 21 heavy (non-hydrogen) atoms. The molecule has 0 aromatic carbocycles. The zero-order chi connectivity index (χ0) is 15.3. The largest absolute Gasteiger partial charge is 0.417 e. The summed E-state index contributed by atoms with van der Waals surface area (Å²) in [6, 6.07) is 6.19. The van der Waals surface area contributed by atoms with Gasteiger partial charge in [0.25, 0.3) is 0 Å². The lowest BCUT2D eigenvalue weighted by molar-refractivity contribution is -0.137. The van der Waals surface area contributed by atoms with Crippen LogP contribution in [0.3, 0.4) is 0 Å². The third-order valence-corrected chi connectivity index (χ3v) is 3.67. The molecular formula is C14H14F3N3S. The smallest absolute Gasteiger partial charge is 0.370 e. The molecule has 0 radical (unpaired) electrons. The maximum atomic E-state index is 12.4. The van der Waals surface area contributed by atoms with Crippen molar-refractivity contribution < 1.29 is 13.2 Å². The van der Waals surface area contributed by atoms with Crippen LogP contribution in [0.5, 0.6) is 0 Å². The first kappa shape index (κ1) is 15.6. The fraction of sp³-hybridized carbons (Fsp3) is 0.286. The summed E-state index contributed by atoms with van der Waals surface area (Å²) in [6.07, 6.45) is -1.79. The summed E-state index contributed by atoms with van der Waals surface area (Å²) in [7, 11) is 0. The van der Waals surface area contributed by atoms with E-state index in [-0.39, 0.29) is 0 Å².